The first-order valence-electron chi connectivity index (χ1n) is 7.08. The van der Waals surface area contributed by atoms with E-state index in [0.29, 0.717) is 11.4 Å². The van der Waals surface area contributed by atoms with Gasteiger partial charge in [0.2, 0.25) is 0 Å². The number of hydrogen-bond donors (Lipinski definition) is 2. The lowest BCUT2D eigenvalue weighted by Crippen LogP contribution is -2.34. The Morgan fingerprint density at radius 2 is 2.00 bits per heavy atom. The van der Waals surface area contributed by atoms with Crippen molar-refractivity contribution in [2.75, 3.05) is 10.6 Å². The van der Waals surface area contributed by atoms with Crippen molar-refractivity contribution in [3.63, 3.8) is 0 Å². The quantitative estimate of drug-likeness (QED) is 0.828. The van der Waals surface area contributed by atoms with Crippen LogP contribution in [0.15, 0.2) is 42.5 Å². The highest BCUT2D eigenvalue weighted by atomic mass is 16.4. The SMILES string of the molecule is CC1CCc2ccccc2N1c1cc(N)ccc1C(=O)O. The Morgan fingerprint density at radius 3 is 2.76 bits per heavy atom. The molecular formula is C17H18N2O2. The van der Waals surface area contributed by atoms with E-state index >= 15 is 0 Å². The predicted molar refractivity (Wildman–Crippen MR) is 84.2 cm³/mol. The van der Waals surface area contributed by atoms with Crippen molar-refractivity contribution in [1.82, 2.24) is 0 Å². The predicted octanol–water partition coefficient (Wildman–Crippen LogP) is 3.44. The molecule has 0 bridgehead atoms. The first-order valence-corrected chi connectivity index (χ1v) is 7.08. The first kappa shape index (κ1) is 13.5. The van der Waals surface area contributed by atoms with Crippen LogP contribution in [0.5, 0.6) is 0 Å². The van der Waals surface area contributed by atoms with Gasteiger partial charge < -0.3 is 15.7 Å². The van der Waals surface area contributed by atoms with Gasteiger partial charge in [-0.1, -0.05) is 18.2 Å². The van der Waals surface area contributed by atoms with Crippen molar-refractivity contribution in [3.05, 3.63) is 53.6 Å². The monoisotopic (exact) mass is 282 g/mol. The van der Waals surface area contributed by atoms with Crippen LogP contribution in [0.3, 0.4) is 0 Å². The van der Waals surface area contributed by atoms with Crippen LogP contribution in [0.2, 0.25) is 0 Å². The van der Waals surface area contributed by atoms with E-state index < -0.39 is 5.97 Å². The van der Waals surface area contributed by atoms with E-state index in [0.717, 1.165) is 18.5 Å². The number of carbonyl (C=O) groups is 1. The second kappa shape index (κ2) is 5.13. The third-order valence-electron chi connectivity index (χ3n) is 4.04. The molecule has 0 fully saturated rings. The smallest absolute Gasteiger partial charge is 0.337 e. The van der Waals surface area contributed by atoms with Gasteiger partial charge in [-0.2, -0.15) is 0 Å². The standard InChI is InChI=1S/C17H18N2O2/c1-11-6-7-12-4-2-3-5-15(12)19(11)16-10-13(18)8-9-14(16)17(20)21/h2-5,8-11H,6-7,18H2,1H3,(H,20,21). The second-order valence-electron chi connectivity index (χ2n) is 5.47. The summed E-state index contributed by atoms with van der Waals surface area (Å²) < 4.78 is 0. The molecule has 4 nitrogen and oxygen atoms in total. The highest BCUT2D eigenvalue weighted by Gasteiger charge is 2.27. The highest BCUT2D eigenvalue weighted by molar-refractivity contribution is 5.97. The number of hydrogen-bond acceptors (Lipinski definition) is 3. The van der Waals surface area contributed by atoms with Crippen LogP contribution < -0.4 is 10.6 Å². The Balaban J connectivity index is 2.20. The molecule has 0 saturated carbocycles. The number of nitrogens with zero attached hydrogens (tertiary/aromatic N) is 1. The summed E-state index contributed by atoms with van der Waals surface area (Å²) in [6, 6.07) is 13.3. The molecule has 0 spiro atoms. The molecule has 21 heavy (non-hydrogen) atoms. The lowest BCUT2D eigenvalue weighted by Gasteiger charge is -2.38. The molecule has 0 radical (unpaired) electrons. The van der Waals surface area contributed by atoms with E-state index in [1.54, 1.807) is 18.2 Å². The summed E-state index contributed by atoms with van der Waals surface area (Å²) in [6.45, 7) is 2.12. The Labute approximate surface area is 123 Å². The number of aryl methyl sites for hydroxylation is 1. The molecule has 3 rings (SSSR count). The molecule has 3 N–H and O–H groups in total. The summed E-state index contributed by atoms with van der Waals surface area (Å²) >= 11 is 0. The van der Waals surface area contributed by atoms with Gasteiger partial charge in [-0.15, -0.1) is 0 Å². The van der Waals surface area contributed by atoms with Gasteiger partial charge in [0.25, 0.3) is 0 Å². The maximum atomic E-state index is 11.5. The maximum Gasteiger partial charge on any atom is 0.337 e. The lowest BCUT2D eigenvalue weighted by atomic mass is 9.95. The molecule has 2 aromatic carbocycles. The molecule has 1 aliphatic heterocycles. The van der Waals surface area contributed by atoms with Crippen molar-refractivity contribution in [3.8, 4) is 0 Å². The average Bonchev–Trinajstić information content (AvgIpc) is 2.46. The van der Waals surface area contributed by atoms with Gasteiger partial charge in [-0.25, -0.2) is 4.79 Å². The number of rotatable bonds is 2. The number of para-hydroxylation sites is 1. The Morgan fingerprint density at radius 1 is 1.24 bits per heavy atom. The van der Waals surface area contributed by atoms with Gasteiger partial charge in [0.05, 0.1) is 11.3 Å². The number of carboxylic acids is 1. The van der Waals surface area contributed by atoms with Crippen LogP contribution in [-0.4, -0.2) is 17.1 Å². The Bertz CT molecular complexity index is 697. The van der Waals surface area contributed by atoms with E-state index in [1.807, 2.05) is 18.2 Å². The number of nitrogen functional groups attached to an aromatic ring is 1. The third-order valence-corrected chi connectivity index (χ3v) is 4.04. The fraction of sp³-hybridized carbons (Fsp3) is 0.235. The minimum absolute atomic E-state index is 0.236. The molecule has 1 aliphatic rings. The summed E-state index contributed by atoms with van der Waals surface area (Å²) in [4.78, 5) is 13.6. The molecule has 2 aromatic rings. The van der Waals surface area contributed by atoms with Gasteiger partial charge >= 0.3 is 5.97 Å². The molecule has 0 aromatic heterocycles. The summed E-state index contributed by atoms with van der Waals surface area (Å²) in [7, 11) is 0. The molecule has 1 heterocycles. The Hall–Kier alpha value is -2.49. The molecule has 0 saturated heterocycles. The van der Waals surface area contributed by atoms with Gasteiger partial charge in [0.15, 0.2) is 0 Å². The zero-order valence-corrected chi connectivity index (χ0v) is 11.9. The van der Waals surface area contributed by atoms with E-state index in [4.69, 9.17) is 5.73 Å². The van der Waals surface area contributed by atoms with E-state index in [1.165, 1.54) is 5.56 Å². The molecule has 1 unspecified atom stereocenters. The normalized spacial score (nSPS) is 17.4. The van der Waals surface area contributed by atoms with Crippen LogP contribution >= 0.6 is 0 Å². The van der Waals surface area contributed by atoms with Crippen LogP contribution in [0.4, 0.5) is 17.1 Å². The van der Waals surface area contributed by atoms with Crippen molar-refractivity contribution < 1.29 is 9.90 Å². The third kappa shape index (κ3) is 2.33. The number of nitrogens with two attached hydrogens (primary N) is 1. The maximum absolute atomic E-state index is 11.5. The number of fused-ring (bicyclic) bond motifs is 1. The van der Waals surface area contributed by atoms with Crippen LogP contribution in [-0.2, 0) is 6.42 Å². The molecular weight excluding hydrogens is 264 g/mol. The lowest BCUT2D eigenvalue weighted by molar-refractivity contribution is 0.0697. The molecule has 0 amide bonds. The second-order valence-corrected chi connectivity index (χ2v) is 5.47. The minimum atomic E-state index is -0.930. The zero-order valence-electron chi connectivity index (χ0n) is 11.9. The summed E-state index contributed by atoms with van der Waals surface area (Å²) in [5.74, 6) is -0.930. The summed E-state index contributed by atoms with van der Waals surface area (Å²) in [5, 5.41) is 9.45. The number of benzene rings is 2. The molecule has 1 atom stereocenters. The van der Waals surface area contributed by atoms with Gasteiger partial charge in [-0.3, -0.25) is 0 Å². The largest absolute Gasteiger partial charge is 0.478 e. The fourth-order valence-corrected chi connectivity index (χ4v) is 2.98. The number of anilines is 3. The van der Waals surface area contributed by atoms with Gasteiger partial charge in [0.1, 0.15) is 0 Å². The molecule has 0 aliphatic carbocycles. The van der Waals surface area contributed by atoms with Crippen molar-refractivity contribution in [1.29, 1.82) is 0 Å². The minimum Gasteiger partial charge on any atom is -0.478 e. The highest BCUT2D eigenvalue weighted by Crippen LogP contribution is 2.39. The van der Waals surface area contributed by atoms with E-state index in [-0.39, 0.29) is 11.6 Å². The van der Waals surface area contributed by atoms with Crippen molar-refractivity contribution in [2.24, 2.45) is 0 Å². The Kier molecular flexibility index (Phi) is 3.29. The fourth-order valence-electron chi connectivity index (χ4n) is 2.98. The zero-order chi connectivity index (χ0) is 15.0. The van der Waals surface area contributed by atoms with Crippen LogP contribution in [0, 0.1) is 0 Å². The summed E-state index contributed by atoms with van der Waals surface area (Å²) in [5.41, 5.74) is 9.73. The van der Waals surface area contributed by atoms with Crippen molar-refractivity contribution >= 4 is 23.0 Å². The average molecular weight is 282 g/mol. The van der Waals surface area contributed by atoms with Crippen molar-refractivity contribution in [2.45, 2.75) is 25.8 Å². The summed E-state index contributed by atoms with van der Waals surface area (Å²) in [6.07, 6.45) is 2.00. The molecule has 108 valence electrons. The number of carboxylic acid groups (broad SMARTS) is 1. The van der Waals surface area contributed by atoms with E-state index in [2.05, 4.69) is 17.9 Å². The van der Waals surface area contributed by atoms with Crippen LogP contribution in [0.1, 0.15) is 29.3 Å². The topological polar surface area (TPSA) is 66.6 Å². The van der Waals surface area contributed by atoms with Gasteiger partial charge in [0, 0.05) is 17.4 Å². The van der Waals surface area contributed by atoms with Gasteiger partial charge in [-0.05, 0) is 49.6 Å². The molecule has 4 heteroatoms. The van der Waals surface area contributed by atoms with E-state index in [9.17, 15) is 9.90 Å². The first-order chi connectivity index (χ1) is 10.1. The number of aromatic carboxylic acids is 1. The van der Waals surface area contributed by atoms with Crippen LogP contribution in [0.25, 0.3) is 0 Å².